The minimum Gasteiger partial charge on any atom is -0.480 e. The molecule has 1 fully saturated rings. The molecule has 144 valence electrons. The summed E-state index contributed by atoms with van der Waals surface area (Å²) in [6.45, 7) is 4.72. The van der Waals surface area contributed by atoms with Crippen LogP contribution in [0.3, 0.4) is 0 Å². The molecule has 0 aromatic heterocycles. The van der Waals surface area contributed by atoms with Crippen LogP contribution in [0.5, 0.6) is 0 Å². The topological polar surface area (TPSA) is 72.9 Å². The lowest BCUT2D eigenvalue weighted by Gasteiger charge is -2.37. The predicted octanol–water partition coefficient (Wildman–Crippen LogP) is 2.85. The van der Waals surface area contributed by atoms with Crippen molar-refractivity contribution < 1.29 is 14.7 Å². The lowest BCUT2D eigenvalue weighted by Crippen LogP contribution is -2.50. The summed E-state index contributed by atoms with van der Waals surface area (Å²) >= 11 is 5.97. The highest BCUT2D eigenvalue weighted by Gasteiger charge is 2.26. The van der Waals surface area contributed by atoms with Crippen molar-refractivity contribution in [3.63, 3.8) is 0 Å². The zero-order chi connectivity index (χ0) is 18.9. The lowest BCUT2D eigenvalue weighted by molar-refractivity contribution is -0.139. The second-order valence-corrected chi connectivity index (χ2v) is 7.08. The van der Waals surface area contributed by atoms with Gasteiger partial charge in [-0.2, -0.15) is 0 Å². The van der Waals surface area contributed by atoms with Crippen molar-refractivity contribution in [3.8, 4) is 0 Å². The molecule has 1 saturated heterocycles. The number of amides is 2. The third-order valence-electron chi connectivity index (χ3n) is 4.82. The monoisotopic (exact) mass is 381 g/mol. The first-order valence-electron chi connectivity index (χ1n) is 9.22. The van der Waals surface area contributed by atoms with Crippen molar-refractivity contribution in [2.45, 2.75) is 38.6 Å². The van der Waals surface area contributed by atoms with Gasteiger partial charge in [-0.25, -0.2) is 4.79 Å². The molecule has 2 amide bonds. The zero-order valence-corrected chi connectivity index (χ0v) is 16.0. The average Bonchev–Trinajstić information content (AvgIpc) is 2.63. The molecule has 1 aromatic carbocycles. The molecular formula is C19H28ClN3O3. The molecule has 2 rings (SSSR count). The number of hydrogen-bond donors (Lipinski definition) is 2. The van der Waals surface area contributed by atoms with E-state index in [1.54, 1.807) is 0 Å². The van der Waals surface area contributed by atoms with Gasteiger partial charge in [-0.15, -0.1) is 0 Å². The maximum absolute atomic E-state index is 12.3. The molecule has 0 aliphatic carbocycles. The van der Waals surface area contributed by atoms with Crippen molar-refractivity contribution in [1.82, 2.24) is 15.1 Å². The highest BCUT2D eigenvalue weighted by atomic mass is 35.5. The number of rotatable bonds is 8. The first-order valence-corrected chi connectivity index (χ1v) is 9.60. The number of piperidine rings is 1. The number of benzene rings is 1. The standard InChI is InChI=1S/C19H28ClN3O3/c1-2-22(14-18(24)25)17-8-11-23(12-9-17)19(26)21-10-4-6-15-5-3-7-16(20)13-15/h3,5,7,13,17H,2,4,6,8-12,14H2,1H3,(H,21,26)(H,24,25). The normalized spacial score (nSPS) is 15.3. The molecular weight excluding hydrogens is 354 g/mol. The van der Waals surface area contributed by atoms with Crippen molar-refractivity contribution in [2.24, 2.45) is 0 Å². The number of likely N-dealkylation sites (N-methyl/N-ethyl adjacent to an activating group) is 1. The van der Waals surface area contributed by atoms with Crippen LogP contribution in [0, 0.1) is 0 Å². The molecule has 0 bridgehead atoms. The van der Waals surface area contributed by atoms with Crippen LogP contribution in [-0.4, -0.2) is 65.7 Å². The number of nitrogens with one attached hydrogen (secondary N) is 1. The van der Waals surface area contributed by atoms with E-state index in [2.05, 4.69) is 5.32 Å². The zero-order valence-electron chi connectivity index (χ0n) is 15.3. The van der Waals surface area contributed by atoms with Gasteiger partial charge < -0.3 is 15.3 Å². The lowest BCUT2D eigenvalue weighted by atomic mass is 10.0. The van der Waals surface area contributed by atoms with E-state index in [9.17, 15) is 9.59 Å². The Labute approximate surface area is 160 Å². The van der Waals surface area contributed by atoms with Gasteiger partial charge in [-0.3, -0.25) is 9.69 Å². The van der Waals surface area contributed by atoms with Crippen LogP contribution in [-0.2, 0) is 11.2 Å². The number of urea groups is 1. The molecule has 0 unspecified atom stereocenters. The van der Waals surface area contributed by atoms with E-state index >= 15 is 0 Å². The number of aryl methyl sites for hydroxylation is 1. The smallest absolute Gasteiger partial charge is 0.317 e. The Morgan fingerprint density at radius 3 is 2.69 bits per heavy atom. The number of carbonyl (C=O) groups excluding carboxylic acids is 1. The molecule has 2 N–H and O–H groups in total. The minimum absolute atomic E-state index is 0.0316. The van der Waals surface area contributed by atoms with Gasteiger partial charge in [0.05, 0.1) is 6.54 Å². The summed E-state index contributed by atoms with van der Waals surface area (Å²) in [6, 6.07) is 7.98. The first kappa shape index (κ1) is 20.5. The quantitative estimate of drug-likeness (QED) is 0.679. The Kier molecular flexibility index (Phi) is 8.19. The number of halogens is 1. The number of likely N-dealkylation sites (tertiary alicyclic amines) is 1. The number of aliphatic carboxylic acids is 1. The van der Waals surface area contributed by atoms with Crippen LogP contribution in [0.25, 0.3) is 0 Å². The van der Waals surface area contributed by atoms with E-state index in [0.29, 0.717) is 26.2 Å². The number of carbonyl (C=O) groups is 2. The van der Waals surface area contributed by atoms with E-state index in [1.807, 2.05) is 41.0 Å². The van der Waals surface area contributed by atoms with Gasteiger partial charge in [0, 0.05) is 30.7 Å². The largest absolute Gasteiger partial charge is 0.480 e. The Hall–Kier alpha value is -1.79. The minimum atomic E-state index is -0.799. The summed E-state index contributed by atoms with van der Waals surface area (Å²) in [5, 5.41) is 12.7. The van der Waals surface area contributed by atoms with Crippen molar-refractivity contribution in [1.29, 1.82) is 0 Å². The Morgan fingerprint density at radius 2 is 2.08 bits per heavy atom. The van der Waals surface area contributed by atoms with Crippen LogP contribution in [0.1, 0.15) is 31.7 Å². The van der Waals surface area contributed by atoms with Crippen LogP contribution in [0.4, 0.5) is 4.79 Å². The SMILES string of the molecule is CCN(CC(=O)O)C1CCN(C(=O)NCCCc2cccc(Cl)c2)CC1. The van der Waals surface area contributed by atoms with Crippen LogP contribution < -0.4 is 5.32 Å². The highest BCUT2D eigenvalue weighted by molar-refractivity contribution is 6.30. The highest BCUT2D eigenvalue weighted by Crippen LogP contribution is 2.16. The van der Waals surface area contributed by atoms with Gasteiger partial charge >= 0.3 is 12.0 Å². The molecule has 1 heterocycles. The molecule has 0 spiro atoms. The van der Waals surface area contributed by atoms with Gasteiger partial charge in [0.25, 0.3) is 0 Å². The van der Waals surface area contributed by atoms with Gasteiger partial charge in [-0.1, -0.05) is 30.7 Å². The molecule has 6 nitrogen and oxygen atoms in total. The van der Waals surface area contributed by atoms with E-state index < -0.39 is 5.97 Å². The molecule has 0 atom stereocenters. The Bertz CT molecular complexity index is 603. The fourth-order valence-electron chi connectivity index (χ4n) is 3.40. The third-order valence-corrected chi connectivity index (χ3v) is 5.06. The van der Waals surface area contributed by atoms with E-state index in [4.69, 9.17) is 16.7 Å². The van der Waals surface area contributed by atoms with Crippen molar-refractivity contribution >= 4 is 23.6 Å². The van der Waals surface area contributed by atoms with Crippen molar-refractivity contribution in [3.05, 3.63) is 34.9 Å². The van der Waals surface area contributed by atoms with E-state index in [0.717, 1.165) is 30.7 Å². The second kappa shape index (κ2) is 10.4. The summed E-state index contributed by atoms with van der Waals surface area (Å²) in [4.78, 5) is 27.0. The fraction of sp³-hybridized carbons (Fsp3) is 0.579. The summed E-state index contributed by atoms with van der Waals surface area (Å²) in [7, 11) is 0. The van der Waals surface area contributed by atoms with Crippen LogP contribution in [0.15, 0.2) is 24.3 Å². The molecule has 7 heteroatoms. The number of hydrogen-bond acceptors (Lipinski definition) is 3. The number of nitrogens with zero attached hydrogens (tertiary/aromatic N) is 2. The van der Waals surface area contributed by atoms with Gasteiger partial charge in [-0.05, 0) is 49.9 Å². The summed E-state index contributed by atoms with van der Waals surface area (Å²) in [5.74, 6) is -0.799. The first-order chi connectivity index (χ1) is 12.5. The molecule has 1 aliphatic heterocycles. The summed E-state index contributed by atoms with van der Waals surface area (Å²) in [6.07, 6.45) is 3.38. The van der Waals surface area contributed by atoms with Crippen LogP contribution in [0.2, 0.25) is 5.02 Å². The molecule has 0 radical (unpaired) electrons. The Balaban J connectivity index is 1.67. The summed E-state index contributed by atoms with van der Waals surface area (Å²) < 4.78 is 0. The summed E-state index contributed by atoms with van der Waals surface area (Å²) in [5.41, 5.74) is 1.17. The number of carboxylic acid groups (broad SMARTS) is 1. The molecule has 1 aromatic rings. The molecule has 26 heavy (non-hydrogen) atoms. The van der Waals surface area contributed by atoms with Gasteiger partial charge in [0.2, 0.25) is 0 Å². The van der Waals surface area contributed by atoms with Crippen molar-refractivity contribution in [2.75, 3.05) is 32.7 Å². The predicted molar refractivity (Wildman–Crippen MR) is 103 cm³/mol. The van der Waals surface area contributed by atoms with Gasteiger partial charge in [0.15, 0.2) is 0 Å². The molecule has 1 aliphatic rings. The maximum atomic E-state index is 12.3. The van der Waals surface area contributed by atoms with E-state index in [-0.39, 0.29) is 18.6 Å². The van der Waals surface area contributed by atoms with E-state index in [1.165, 1.54) is 5.56 Å². The fourth-order valence-corrected chi connectivity index (χ4v) is 3.61. The van der Waals surface area contributed by atoms with Gasteiger partial charge in [0.1, 0.15) is 0 Å². The third kappa shape index (κ3) is 6.50. The van der Waals surface area contributed by atoms with Crippen LogP contribution >= 0.6 is 11.6 Å². The second-order valence-electron chi connectivity index (χ2n) is 6.64. The number of carboxylic acids is 1. The molecule has 0 saturated carbocycles. The maximum Gasteiger partial charge on any atom is 0.317 e. The Morgan fingerprint density at radius 1 is 1.35 bits per heavy atom. The average molecular weight is 382 g/mol.